The van der Waals surface area contributed by atoms with Crippen molar-refractivity contribution in [2.75, 3.05) is 6.61 Å². The molecule has 0 aliphatic rings. The highest BCUT2D eigenvalue weighted by molar-refractivity contribution is 9.10. The topological polar surface area (TPSA) is 63.6 Å². The number of carbonyl (C=O) groups is 2. The Bertz CT molecular complexity index is 346. The van der Waals surface area contributed by atoms with E-state index in [2.05, 4.69) is 22.9 Å². The van der Waals surface area contributed by atoms with Gasteiger partial charge >= 0.3 is 11.9 Å². The third kappa shape index (κ3) is 10.0. The molecule has 0 aromatic carbocycles. The van der Waals surface area contributed by atoms with Crippen LogP contribution in [0.5, 0.6) is 0 Å². The molecule has 2 unspecified atom stereocenters. The highest BCUT2D eigenvalue weighted by Gasteiger charge is 2.39. The summed E-state index contributed by atoms with van der Waals surface area (Å²) < 4.78 is 4.12. The molecule has 0 radical (unpaired) electrons. The van der Waals surface area contributed by atoms with Crippen LogP contribution in [0.1, 0.15) is 85.0 Å². The van der Waals surface area contributed by atoms with Crippen LogP contribution in [-0.2, 0) is 14.3 Å². The van der Waals surface area contributed by atoms with Crippen LogP contribution in [0.4, 0.5) is 0 Å². The van der Waals surface area contributed by atoms with Crippen LogP contribution < -0.4 is 0 Å². The van der Waals surface area contributed by atoms with Crippen LogP contribution in [0, 0.1) is 5.92 Å². The normalized spacial score (nSPS) is 15.0. The summed E-state index contributed by atoms with van der Waals surface area (Å²) in [5.74, 6) is -0.807. The third-order valence-electron chi connectivity index (χ3n) is 4.37. The van der Waals surface area contributed by atoms with E-state index in [0.717, 1.165) is 57.8 Å². The molecule has 2 atom stereocenters. The number of carboxylic acid groups (broad SMARTS) is 1. The summed E-state index contributed by atoms with van der Waals surface area (Å²) in [5, 5.41) is 9.51. The van der Waals surface area contributed by atoms with Crippen LogP contribution in [0.25, 0.3) is 0 Å². The lowest BCUT2D eigenvalue weighted by Crippen LogP contribution is -2.38. The molecule has 5 heteroatoms. The smallest absolute Gasteiger partial charge is 0.320 e. The molecule has 0 spiro atoms. The van der Waals surface area contributed by atoms with Crippen molar-refractivity contribution in [1.29, 1.82) is 0 Å². The molecule has 0 rings (SSSR count). The zero-order chi connectivity index (χ0) is 17.7. The third-order valence-corrected chi connectivity index (χ3v) is 5.88. The van der Waals surface area contributed by atoms with Gasteiger partial charge in [-0.2, -0.15) is 0 Å². The molecule has 0 saturated carbocycles. The van der Waals surface area contributed by atoms with Crippen LogP contribution in [0.2, 0.25) is 0 Å². The lowest BCUT2D eigenvalue weighted by molar-refractivity contribution is -0.142. The average molecular weight is 393 g/mol. The van der Waals surface area contributed by atoms with Crippen LogP contribution in [0.15, 0.2) is 0 Å². The summed E-state index contributed by atoms with van der Waals surface area (Å²) in [6, 6.07) is 0. The minimum absolute atomic E-state index is 0.135. The Labute approximate surface area is 149 Å². The van der Waals surface area contributed by atoms with Gasteiger partial charge in [0.05, 0.1) is 6.61 Å². The molecule has 4 nitrogen and oxygen atoms in total. The summed E-state index contributed by atoms with van der Waals surface area (Å²) in [6.07, 6.45) is 10.1. The predicted octanol–water partition coefficient (Wildman–Crippen LogP) is 5.32. The predicted molar refractivity (Wildman–Crippen MR) is 96.9 cm³/mol. The number of ether oxygens (including phenoxy) is 1. The molecule has 0 bridgehead atoms. The minimum atomic E-state index is -0.771. The largest absolute Gasteiger partial charge is 0.480 e. The number of carboxylic acids is 1. The number of rotatable bonds is 14. The van der Waals surface area contributed by atoms with Crippen LogP contribution >= 0.6 is 15.9 Å². The first-order chi connectivity index (χ1) is 10.8. The van der Waals surface area contributed by atoms with E-state index >= 15 is 0 Å². The van der Waals surface area contributed by atoms with Gasteiger partial charge in [-0.25, -0.2) is 0 Å². The molecule has 0 aliphatic carbocycles. The van der Waals surface area contributed by atoms with Gasteiger partial charge in [0, 0.05) is 6.92 Å². The number of esters is 1. The number of aliphatic carboxylic acids is 1. The summed E-state index contributed by atoms with van der Waals surface area (Å²) in [4.78, 5) is 22.2. The molecule has 0 aromatic heterocycles. The van der Waals surface area contributed by atoms with Crippen molar-refractivity contribution in [3.8, 4) is 0 Å². The summed E-state index contributed by atoms with van der Waals surface area (Å²) in [5.41, 5.74) is 0. The number of carbonyl (C=O) groups excluding carboxylic acids is 1. The van der Waals surface area contributed by atoms with E-state index in [9.17, 15) is 14.7 Å². The first-order valence-corrected chi connectivity index (χ1v) is 9.69. The lowest BCUT2D eigenvalue weighted by Gasteiger charge is -2.29. The van der Waals surface area contributed by atoms with Gasteiger partial charge in [0.25, 0.3) is 0 Å². The molecular formula is C18H33BrO4. The van der Waals surface area contributed by atoms with Crippen molar-refractivity contribution in [2.45, 2.75) is 89.3 Å². The van der Waals surface area contributed by atoms with E-state index in [0.29, 0.717) is 13.0 Å². The van der Waals surface area contributed by atoms with Gasteiger partial charge in [0.15, 0.2) is 0 Å². The second-order valence-corrected chi connectivity index (χ2v) is 7.84. The van der Waals surface area contributed by atoms with E-state index in [-0.39, 0.29) is 11.9 Å². The highest BCUT2D eigenvalue weighted by Crippen LogP contribution is 2.36. The lowest BCUT2D eigenvalue weighted by atomic mass is 9.85. The fourth-order valence-corrected chi connectivity index (χ4v) is 3.21. The van der Waals surface area contributed by atoms with Gasteiger partial charge in [-0.15, -0.1) is 0 Å². The quantitative estimate of drug-likeness (QED) is 0.246. The van der Waals surface area contributed by atoms with Gasteiger partial charge in [-0.3, -0.25) is 9.59 Å². The van der Waals surface area contributed by atoms with E-state index < -0.39 is 10.3 Å². The van der Waals surface area contributed by atoms with Crippen molar-refractivity contribution in [3.05, 3.63) is 0 Å². The molecule has 0 fully saturated rings. The van der Waals surface area contributed by atoms with E-state index in [1.54, 1.807) is 0 Å². The first kappa shape index (κ1) is 22.4. The van der Waals surface area contributed by atoms with Crippen molar-refractivity contribution >= 4 is 27.9 Å². The Morgan fingerprint density at radius 2 is 1.65 bits per heavy atom. The number of alkyl halides is 1. The van der Waals surface area contributed by atoms with Gasteiger partial charge in [-0.1, -0.05) is 74.7 Å². The molecule has 0 heterocycles. The second kappa shape index (κ2) is 12.8. The number of hydrogen-bond donors (Lipinski definition) is 1. The SMILES string of the molecule is CCCCC(Br)(C(=O)O)C(C)CCCCCCCCOC(C)=O. The Morgan fingerprint density at radius 3 is 2.17 bits per heavy atom. The zero-order valence-corrected chi connectivity index (χ0v) is 16.5. The molecule has 0 saturated heterocycles. The maximum Gasteiger partial charge on any atom is 0.320 e. The van der Waals surface area contributed by atoms with Gasteiger partial charge in [0.2, 0.25) is 0 Å². The molecule has 23 heavy (non-hydrogen) atoms. The Morgan fingerprint density at radius 1 is 1.09 bits per heavy atom. The average Bonchev–Trinajstić information content (AvgIpc) is 2.50. The fraction of sp³-hybridized carbons (Fsp3) is 0.889. The summed E-state index contributed by atoms with van der Waals surface area (Å²) in [6.45, 7) is 6.08. The van der Waals surface area contributed by atoms with Gasteiger partial charge in [0.1, 0.15) is 4.32 Å². The second-order valence-electron chi connectivity index (χ2n) is 6.42. The minimum Gasteiger partial charge on any atom is -0.480 e. The van der Waals surface area contributed by atoms with Gasteiger partial charge in [-0.05, 0) is 25.2 Å². The number of hydrogen-bond acceptors (Lipinski definition) is 3. The molecule has 1 N–H and O–H groups in total. The molecule has 0 aromatic rings. The Balaban J connectivity index is 3.81. The highest BCUT2D eigenvalue weighted by atomic mass is 79.9. The Hall–Kier alpha value is -0.580. The summed E-state index contributed by atoms with van der Waals surface area (Å²) >= 11 is 3.50. The van der Waals surface area contributed by atoms with Crippen molar-refractivity contribution < 1.29 is 19.4 Å². The maximum absolute atomic E-state index is 11.6. The monoisotopic (exact) mass is 392 g/mol. The fourth-order valence-electron chi connectivity index (χ4n) is 2.70. The molecule has 0 amide bonds. The first-order valence-electron chi connectivity index (χ1n) is 8.90. The van der Waals surface area contributed by atoms with Crippen molar-refractivity contribution in [3.63, 3.8) is 0 Å². The standard InChI is InChI=1S/C18H33BrO4/c1-4-5-13-18(19,17(21)22)15(2)12-10-8-6-7-9-11-14-23-16(3)20/h15H,4-14H2,1-3H3,(H,21,22). The summed E-state index contributed by atoms with van der Waals surface area (Å²) in [7, 11) is 0. The van der Waals surface area contributed by atoms with Crippen molar-refractivity contribution in [2.24, 2.45) is 5.92 Å². The molecule has 0 aliphatic heterocycles. The number of unbranched alkanes of at least 4 members (excludes halogenated alkanes) is 6. The molecular weight excluding hydrogens is 360 g/mol. The van der Waals surface area contributed by atoms with Crippen LogP contribution in [-0.4, -0.2) is 28.0 Å². The van der Waals surface area contributed by atoms with E-state index in [1.165, 1.54) is 6.92 Å². The van der Waals surface area contributed by atoms with E-state index in [4.69, 9.17) is 4.74 Å². The van der Waals surface area contributed by atoms with Gasteiger partial charge < -0.3 is 9.84 Å². The maximum atomic E-state index is 11.6. The number of halogens is 1. The van der Waals surface area contributed by atoms with Crippen LogP contribution in [0.3, 0.4) is 0 Å². The Kier molecular flexibility index (Phi) is 12.5. The molecule has 136 valence electrons. The van der Waals surface area contributed by atoms with E-state index in [1.807, 2.05) is 6.92 Å². The van der Waals surface area contributed by atoms with Crippen molar-refractivity contribution in [1.82, 2.24) is 0 Å². The zero-order valence-electron chi connectivity index (χ0n) is 14.9.